The molecule has 2 aromatic rings. The van der Waals surface area contributed by atoms with E-state index in [1.165, 1.54) is 30.5 Å². The Balaban J connectivity index is 2.10. The molecule has 0 aliphatic carbocycles. The summed E-state index contributed by atoms with van der Waals surface area (Å²) in [6, 6.07) is 7.23. The first-order valence-electron chi connectivity index (χ1n) is 5.55. The topological polar surface area (TPSA) is 101 Å². The van der Waals surface area contributed by atoms with E-state index in [9.17, 15) is 9.18 Å². The van der Waals surface area contributed by atoms with Gasteiger partial charge in [-0.1, -0.05) is 6.07 Å². The molecule has 0 fully saturated rings. The van der Waals surface area contributed by atoms with Gasteiger partial charge in [0.25, 0.3) is 5.91 Å². The second-order valence-corrected chi connectivity index (χ2v) is 3.79. The van der Waals surface area contributed by atoms with Crippen molar-refractivity contribution in [2.24, 2.45) is 5.84 Å². The summed E-state index contributed by atoms with van der Waals surface area (Å²) in [5.74, 6) is 4.28. The average Bonchev–Trinajstić information content (AvgIpc) is 2.93. The van der Waals surface area contributed by atoms with Crippen LogP contribution in [0.5, 0.6) is 5.75 Å². The number of nitrogens with one attached hydrogen (secondary N) is 1. The van der Waals surface area contributed by atoms with Gasteiger partial charge in [0.15, 0.2) is 0 Å². The lowest BCUT2D eigenvalue weighted by Gasteiger charge is -2.06. The normalized spacial score (nSPS) is 9.85. The molecule has 0 bridgehead atoms. The molecule has 0 spiro atoms. The minimum atomic E-state index is -0.660. The monoisotopic (exact) mass is 275 g/mol. The molecule has 0 atom stereocenters. The number of nitriles is 1. The lowest BCUT2D eigenvalue weighted by atomic mass is 10.2. The van der Waals surface area contributed by atoms with Gasteiger partial charge in [-0.3, -0.25) is 10.2 Å². The van der Waals surface area contributed by atoms with Gasteiger partial charge in [-0.05, 0) is 18.2 Å². The third-order valence-corrected chi connectivity index (χ3v) is 2.50. The molecular formula is C13H10FN3O3. The summed E-state index contributed by atoms with van der Waals surface area (Å²) in [5, 5.41) is 8.85. The van der Waals surface area contributed by atoms with Crippen LogP contribution in [0, 0.1) is 17.1 Å². The average molecular weight is 275 g/mol. The zero-order chi connectivity index (χ0) is 14.5. The van der Waals surface area contributed by atoms with Gasteiger partial charge in [-0.15, -0.1) is 0 Å². The number of furan rings is 1. The number of carbonyl (C=O) groups is 1. The second-order valence-electron chi connectivity index (χ2n) is 3.79. The summed E-state index contributed by atoms with van der Waals surface area (Å²) in [5.41, 5.74) is 2.02. The molecule has 1 heterocycles. The quantitative estimate of drug-likeness (QED) is 0.500. The second kappa shape index (κ2) is 5.86. The number of rotatable bonds is 4. The zero-order valence-electron chi connectivity index (χ0n) is 10.2. The van der Waals surface area contributed by atoms with Crippen molar-refractivity contribution in [3.05, 3.63) is 53.2 Å². The highest BCUT2D eigenvalue weighted by Crippen LogP contribution is 2.21. The van der Waals surface area contributed by atoms with Crippen LogP contribution in [0.4, 0.5) is 4.39 Å². The lowest BCUT2D eigenvalue weighted by Crippen LogP contribution is -2.29. The van der Waals surface area contributed by atoms with Gasteiger partial charge >= 0.3 is 0 Å². The van der Waals surface area contributed by atoms with Crippen molar-refractivity contribution in [3.63, 3.8) is 0 Å². The van der Waals surface area contributed by atoms with Gasteiger partial charge in [0.05, 0.1) is 5.56 Å². The minimum absolute atomic E-state index is 0.0457. The predicted molar refractivity (Wildman–Crippen MR) is 65.8 cm³/mol. The Hall–Kier alpha value is -2.85. The van der Waals surface area contributed by atoms with Gasteiger partial charge in [-0.25, -0.2) is 10.2 Å². The van der Waals surface area contributed by atoms with Gasteiger partial charge in [0.2, 0.25) is 0 Å². The molecule has 1 amide bonds. The molecule has 0 radical (unpaired) electrons. The van der Waals surface area contributed by atoms with Crippen LogP contribution in [0.3, 0.4) is 0 Å². The molecule has 0 saturated carbocycles. The van der Waals surface area contributed by atoms with Crippen LogP contribution >= 0.6 is 0 Å². The number of hydrazine groups is 1. The molecule has 102 valence electrons. The van der Waals surface area contributed by atoms with Crippen molar-refractivity contribution < 1.29 is 18.3 Å². The standard InChI is InChI=1S/C13H10FN3O3/c14-11-2-1-3-12(10(11)5-15)20-7-9-4-8(6-19-9)13(18)17-16/h1-4,6H,7,16H2,(H,17,18). The molecule has 20 heavy (non-hydrogen) atoms. The summed E-state index contributed by atoms with van der Waals surface area (Å²) in [6.07, 6.45) is 1.22. The molecule has 0 aliphatic rings. The molecule has 1 aromatic heterocycles. The van der Waals surface area contributed by atoms with E-state index in [4.69, 9.17) is 20.3 Å². The molecule has 1 aromatic carbocycles. The third kappa shape index (κ3) is 2.76. The minimum Gasteiger partial charge on any atom is -0.484 e. The molecular weight excluding hydrogens is 265 g/mol. The fourth-order valence-corrected chi connectivity index (χ4v) is 1.54. The summed E-state index contributed by atoms with van der Waals surface area (Å²) in [4.78, 5) is 11.2. The summed E-state index contributed by atoms with van der Waals surface area (Å²) < 4.78 is 23.7. The van der Waals surface area contributed by atoms with E-state index < -0.39 is 11.7 Å². The number of hydrogen-bond donors (Lipinski definition) is 2. The SMILES string of the molecule is N#Cc1c(F)cccc1OCc1cc(C(=O)NN)co1. The maximum absolute atomic E-state index is 13.3. The van der Waals surface area contributed by atoms with Crippen molar-refractivity contribution in [3.8, 4) is 11.8 Å². The number of halogens is 1. The Morgan fingerprint density at radius 2 is 2.35 bits per heavy atom. The Bertz CT molecular complexity index is 676. The van der Waals surface area contributed by atoms with Crippen molar-refractivity contribution in [1.82, 2.24) is 5.43 Å². The van der Waals surface area contributed by atoms with Crippen LogP contribution in [0.2, 0.25) is 0 Å². The Labute approximate surface area is 113 Å². The Morgan fingerprint density at radius 3 is 3.05 bits per heavy atom. The maximum atomic E-state index is 13.3. The van der Waals surface area contributed by atoms with Crippen molar-refractivity contribution >= 4 is 5.91 Å². The Kier molecular flexibility index (Phi) is 3.98. The number of amides is 1. The van der Waals surface area contributed by atoms with Crippen LogP contribution in [-0.2, 0) is 6.61 Å². The summed E-state index contributed by atoms with van der Waals surface area (Å²) in [7, 11) is 0. The fourth-order valence-electron chi connectivity index (χ4n) is 1.54. The van der Waals surface area contributed by atoms with Crippen molar-refractivity contribution in [1.29, 1.82) is 5.26 Å². The number of carbonyl (C=O) groups excluding carboxylic acids is 1. The highest BCUT2D eigenvalue weighted by atomic mass is 19.1. The highest BCUT2D eigenvalue weighted by molar-refractivity contribution is 5.93. The zero-order valence-corrected chi connectivity index (χ0v) is 10.2. The molecule has 0 unspecified atom stereocenters. The van der Waals surface area contributed by atoms with Gasteiger partial charge in [-0.2, -0.15) is 5.26 Å². The number of hydrogen-bond acceptors (Lipinski definition) is 5. The van der Waals surface area contributed by atoms with Crippen LogP contribution < -0.4 is 16.0 Å². The van der Waals surface area contributed by atoms with E-state index in [-0.39, 0.29) is 23.5 Å². The van der Waals surface area contributed by atoms with Gasteiger partial charge in [0.1, 0.15) is 41.8 Å². The molecule has 6 nitrogen and oxygen atoms in total. The number of nitrogen functional groups attached to an aromatic ring is 1. The first-order chi connectivity index (χ1) is 9.65. The number of nitrogens with two attached hydrogens (primary N) is 1. The number of nitrogens with zero attached hydrogens (tertiary/aromatic N) is 1. The van der Waals surface area contributed by atoms with Crippen LogP contribution in [0.1, 0.15) is 21.7 Å². The van der Waals surface area contributed by atoms with E-state index in [0.717, 1.165) is 0 Å². The van der Waals surface area contributed by atoms with Gasteiger partial charge in [0, 0.05) is 0 Å². The van der Waals surface area contributed by atoms with Crippen molar-refractivity contribution in [2.45, 2.75) is 6.61 Å². The Morgan fingerprint density at radius 1 is 1.55 bits per heavy atom. The summed E-state index contributed by atoms with van der Waals surface area (Å²) in [6.45, 7) is -0.0457. The van der Waals surface area contributed by atoms with E-state index in [0.29, 0.717) is 5.76 Å². The largest absolute Gasteiger partial charge is 0.484 e. The number of benzene rings is 1. The molecule has 3 N–H and O–H groups in total. The van der Waals surface area contributed by atoms with E-state index in [2.05, 4.69) is 0 Å². The third-order valence-electron chi connectivity index (χ3n) is 2.50. The smallest absolute Gasteiger partial charge is 0.268 e. The first kappa shape index (κ1) is 13.6. The van der Waals surface area contributed by atoms with E-state index in [1.807, 2.05) is 5.43 Å². The van der Waals surface area contributed by atoms with Crippen LogP contribution in [0.25, 0.3) is 0 Å². The van der Waals surface area contributed by atoms with Gasteiger partial charge < -0.3 is 9.15 Å². The number of ether oxygens (including phenoxy) is 1. The fraction of sp³-hybridized carbons (Fsp3) is 0.0769. The highest BCUT2D eigenvalue weighted by Gasteiger charge is 2.12. The van der Waals surface area contributed by atoms with E-state index >= 15 is 0 Å². The molecule has 0 saturated heterocycles. The first-order valence-corrected chi connectivity index (χ1v) is 5.55. The van der Waals surface area contributed by atoms with Crippen LogP contribution in [-0.4, -0.2) is 5.91 Å². The maximum Gasteiger partial charge on any atom is 0.268 e. The molecule has 7 heteroatoms. The molecule has 2 rings (SSSR count). The van der Waals surface area contributed by atoms with Crippen molar-refractivity contribution in [2.75, 3.05) is 0 Å². The van der Waals surface area contributed by atoms with Crippen LogP contribution in [0.15, 0.2) is 34.9 Å². The summed E-state index contributed by atoms with van der Waals surface area (Å²) >= 11 is 0. The van der Waals surface area contributed by atoms with E-state index in [1.54, 1.807) is 6.07 Å². The molecule has 0 aliphatic heterocycles. The lowest BCUT2D eigenvalue weighted by molar-refractivity contribution is 0.0953. The predicted octanol–water partition coefficient (Wildman–Crippen LogP) is 1.47.